The number of amides is 1. The molecule has 1 amide bonds. The van der Waals surface area contributed by atoms with Gasteiger partial charge in [0.05, 0.1) is 39.8 Å². The molecule has 0 bridgehead atoms. The summed E-state index contributed by atoms with van der Waals surface area (Å²) in [5, 5.41) is 31.3. The first-order valence-corrected chi connectivity index (χ1v) is 19.3. The van der Waals surface area contributed by atoms with Gasteiger partial charge in [-0.15, -0.1) is 6.58 Å². The standard InChI is InChI=1S/C38H34ClF4N7O6S/c1-6-20-16-26-32(36(52)53)46-50(34(26)38(20,42)43)18-29(51)45-28(15-19-13-21(40)17-22(41)14-19)31-24(8-7-23(44-31)11-12-37(2,3)54)25-9-10-27(39)30-33(25)49(4)47-35(30)48-57(5,55)56/h6-10,13-14,17,20,28,54H,1,15-16,18H2,2-5H3,(H,45,51)(H,47,48)(H,52,53)/t20-,28+/m1/s1. The van der Waals surface area contributed by atoms with Crippen molar-refractivity contribution in [1.82, 2.24) is 29.9 Å². The molecule has 2 atom stereocenters. The van der Waals surface area contributed by atoms with Gasteiger partial charge in [0, 0.05) is 29.8 Å². The monoisotopic (exact) mass is 827 g/mol. The number of alkyl halides is 2. The maximum atomic E-state index is 15.6. The summed E-state index contributed by atoms with van der Waals surface area (Å²) in [5.74, 6) is -4.15. The van der Waals surface area contributed by atoms with Crippen LogP contribution in [0.15, 0.2) is 55.1 Å². The van der Waals surface area contributed by atoms with Crippen LogP contribution in [0.25, 0.3) is 22.0 Å². The fourth-order valence-corrected chi connectivity index (χ4v) is 7.50. The zero-order valence-electron chi connectivity index (χ0n) is 30.7. The Morgan fingerprint density at radius 3 is 2.42 bits per heavy atom. The van der Waals surface area contributed by atoms with Gasteiger partial charge in [-0.05, 0) is 68.5 Å². The van der Waals surface area contributed by atoms with Crippen molar-refractivity contribution in [2.75, 3.05) is 11.0 Å². The van der Waals surface area contributed by atoms with Crippen molar-refractivity contribution in [2.24, 2.45) is 13.0 Å². The molecule has 298 valence electrons. The molecule has 13 nitrogen and oxygen atoms in total. The molecule has 2 aromatic carbocycles. The third-order valence-corrected chi connectivity index (χ3v) is 9.87. The molecule has 0 unspecified atom stereocenters. The number of nitrogens with one attached hydrogen (secondary N) is 2. The van der Waals surface area contributed by atoms with Gasteiger partial charge in [-0.25, -0.2) is 27.0 Å². The van der Waals surface area contributed by atoms with Gasteiger partial charge in [-0.2, -0.15) is 19.0 Å². The van der Waals surface area contributed by atoms with Crippen molar-refractivity contribution < 1.29 is 45.8 Å². The molecule has 0 radical (unpaired) electrons. The first kappa shape index (κ1) is 40.9. The number of hydrogen-bond acceptors (Lipinski definition) is 8. The summed E-state index contributed by atoms with van der Waals surface area (Å²) in [5.41, 5.74) is -2.01. The average Bonchev–Trinajstić information content (AvgIpc) is 3.70. The van der Waals surface area contributed by atoms with Crippen LogP contribution < -0.4 is 10.0 Å². The lowest BCUT2D eigenvalue weighted by Crippen LogP contribution is -2.35. The fourth-order valence-electron chi connectivity index (χ4n) is 6.76. The largest absolute Gasteiger partial charge is 0.476 e. The number of allylic oxidation sites excluding steroid dienone is 1. The summed E-state index contributed by atoms with van der Waals surface area (Å²) < 4.78 is 89.1. The van der Waals surface area contributed by atoms with Crippen molar-refractivity contribution in [3.05, 3.63) is 106 Å². The minimum Gasteiger partial charge on any atom is -0.476 e. The van der Waals surface area contributed by atoms with Crippen LogP contribution in [0.4, 0.5) is 23.4 Å². The second-order valence-electron chi connectivity index (χ2n) is 14.0. The van der Waals surface area contributed by atoms with E-state index in [-0.39, 0.29) is 57.1 Å². The maximum absolute atomic E-state index is 15.6. The molecular weight excluding hydrogens is 794 g/mol. The molecule has 0 spiro atoms. The average molecular weight is 828 g/mol. The first-order chi connectivity index (χ1) is 26.6. The van der Waals surface area contributed by atoms with E-state index in [2.05, 4.69) is 38.7 Å². The minimum atomic E-state index is -3.83. The molecule has 1 aliphatic carbocycles. The van der Waals surface area contributed by atoms with Crippen molar-refractivity contribution in [2.45, 2.75) is 50.8 Å². The Morgan fingerprint density at radius 2 is 1.81 bits per heavy atom. The lowest BCUT2D eigenvalue weighted by molar-refractivity contribution is -0.123. The first-order valence-electron chi connectivity index (χ1n) is 17.0. The topological polar surface area (TPSA) is 181 Å². The predicted molar refractivity (Wildman–Crippen MR) is 202 cm³/mol. The van der Waals surface area contributed by atoms with Crippen LogP contribution in [0.1, 0.15) is 58.6 Å². The van der Waals surface area contributed by atoms with E-state index < -0.39 is 75.0 Å². The number of carbonyl (C=O) groups is 2. The second kappa shape index (κ2) is 15.0. The molecule has 0 aliphatic heterocycles. The maximum Gasteiger partial charge on any atom is 0.356 e. The summed E-state index contributed by atoms with van der Waals surface area (Å²) in [6.07, 6.45) is 1.22. The Balaban J connectivity index is 1.54. The number of sulfonamides is 1. The predicted octanol–water partition coefficient (Wildman–Crippen LogP) is 5.51. The smallest absolute Gasteiger partial charge is 0.356 e. The van der Waals surface area contributed by atoms with E-state index >= 15 is 8.78 Å². The van der Waals surface area contributed by atoms with Gasteiger partial charge in [0.1, 0.15) is 35.2 Å². The van der Waals surface area contributed by atoms with E-state index in [0.29, 0.717) is 21.8 Å². The Kier molecular flexibility index (Phi) is 10.7. The molecule has 6 rings (SSSR count). The number of rotatable bonds is 11. The van der Waals surface area contributed by atoms with Gasteiger partial charge in [-0.1, -0.05) is 29.7 Å². The molecule has 1 aliphatic rings. The van der Waals surface area contributed by atoms with Crippen LogP contribution in [0.5, 0.6) is 0 Å². The number of aryl methyl sites for hydroxylation is 1. The Hall–Kier alpha value is -5.77. The van der Waals surface area contributed by atoms with Crippen molar-refractivity contribution in [3.63, 3.8) is 0 Å². The number of carboxylic acids is 1. The number of carboxylic acid groups (broad SMARTS) is 1. The van der Waals surface area contributed by atoms with E-state index in [0.717, 1.165) is 24.5 Å². The minimum absolute atomic E-state index is 0.0342. The molecule has 0 saturated heterocycles. The highest BCUT2D eigenvalue weighted by Gasteiger charge is 2.52. The zero-order chi connectivity index (χ0) is 41.8. The molecule has 0 fully saturated rings. The quantitative estimate of drug-likeness (QED) is 0.0759. The highest BCUT2D eigenvalue weighted by molar-refractivity contribution is 7.92. The molecule has 3 heterocycles. The summed E-state index contributed by atoms with van der Waals surface area (Å²) in [7, 11) is -2.30. The molecule has 19 heteroatoms. The van der Waals surface area contributed by atoms with E-state index in [1.165, 1.54) is 37.7 Å². The number of aliphatic hydroxyl groups is 1. The Labute approximate surface area is 328 Å². The van der Waals surface area contributed by atoms with Crippen LogP contribution in [0, 0.1) is 29.4 Å². The van der Waals surface area contributed by atoms with Crippen LogP contribution in [-0.2, 0) is 47.2 Å². The van der Waals surface area contributed by atoms with E-state index in [4.69, 9.17) is 16.6 Å². The SMILES string of the molecule is C=C[C@@H]1Cc2c(C(=O)O)nn(CC(=O)N[C@@H](Cc3cc(F)cc(F)c3)c3nc(C#CC(C)(C)O)ccc3-c3ccc(Cl)c4c(NS(C)(=O)=O)nn(C)c34)c2C1(F)F. The van der Waals surface area contributed by atoms with Gasteiger partial charge in [0.2, 0.25) is 15.9 Å². The number of anilines is 1. The van der Waals surface area contributed by atoms with Crippen LogP contribution in [-0.4, -0.2) is 66.9 Å². The number of aromatic carboxylic acids is 1. The Morgan fingerprint density at radius 1 is 1.14 bits per heavy atom. The van der Waals surface area contributed by atoms with Gasteiger partial charge < -0.3 is 15.5 Å². The lowest BCUT2D eigenvalue weighted by Gasteiger charge is -2.23. The summed E-state index contributed by atoms with van der Waals surface area (Å²) in [6.45, 7) is 5.42. The number of hydrogen-bond donors (Lipinski definition) is 4. The van der Waals surface area contributed by atoms with Gasteiger partial charge in [0.25, 0.3) is 5.92 Å². The second-order valence-corrected chi connectivity index (χ2v) is 16.2. The number of fused-ring (bicyclic) bond motifs is 2. The number of carbonyl (C=O) groups excluding carboxylic acids is 1. The van der Waals surface area contributed by atoms with Gasteiger partial charge >= 0.3 is 5.97 Å². The molecule has 0 saturated carbocycles. The number of benzene rings is 2. The normalized spacial score (nSPS) is 15.4. The lowest BCUT2D eigenvalue weighted by atomic mass is 9.93. The summed E-state index contributed by atoms with van der Waals surface area (Å²) in [4.78, 5) is 30.7. The fraction of sp³-hybridized carbons (Fsp3) is 0.289. The third-order valence-electron chi connectivity index (χ3n) is 8.99. The number of nitrogens with zero attached hydrogens (tertiary/aromatic N) is 5. The highest BCUT2D eigenvalue weighted by Crippen LogP contribution is 2.48. The van der Waals surface area contributed by atoms with E-state index in [1.54, 1.807) is 12.1 Å². The van der Waals surface area contributed by atoms with Gasteiger partial charge in [-0.3, -0.25) is 18.9 Å². The summed E-state index contributed by atoms with van der Waals surface area (Å²) in [6, 6.07) is 7.52. The molecule has 57 heavy (non-hydrogen) atoms. The molecule has 3 aromatic heterocycles. The van der Waals surface area contributed by atoms with Crippen LogP contribution in [0.3, 0.4) is 0 Å². The van der Waals surface area contributed by atoms with Gasteiger partial charge in [0.15, 0.2) is 11.5 Å². The number of halogens is 5. The summed E-state index contributed by atoms with van der Waals surface area (Å²) >= 11 is 6.58. The number of pyridine rings is 1. The van der Waals surface area contributed by atoms with Crippen LogP contribution >= 0.6 is 11.6 Å². The van der Waals surface area contributed by atoms with Crippen molar-refractivity contribution in [1.29, 1.82) is 0 Å². The molecule has 5 aromatic rings. The van der Waals surface area contributed by atoms with Crippen molar-refractivity contribution in [3.8, 4) is 23.0 Å². The molecular formula is C38H34ClF4N7O6S. The van der Waals surface area contributed by atoms with E-state index in [9.17, 15) is 37.0 Å². The number of aromatic nitrogens is 5. The van der Waals surface area contributed by atoms with Crippen LogP contribution in [0.2, 0.25) is 5.02 Å². The highest BCUT2D eigenvalue weighted by atomic mass is 35.5. The van der Waals surface area contributed by atoms with Crippen molar-refractivity contribution >= 4 is 50.2 Å². The van der Waals surface area contributed by atoms with E-state index in [1.807, 2.05) is 0 Å². The zero-order valence-corrected chi connectivity index (χ0v) is 32.2. The third kappa shape index (κ3) is 8.50. The molecule has 4 N–H and O–H groups in total. The Bertz CT molecular complexity index is 2640.